The summed E-state index contributed by atoms with van der Waals surface area (Å²) in [6.07, 6.45) is 1.08. The molecule has 0 aliphatic carbocycles. The van der Waals surface area contributed by atoms with E-state index in [-0.39, 0.29) is 5.96 Å². The number of rotatable bonds is 0. The molecule has 0 bridgehead atoms. The van der Waals surface area contributed by atoms with E-state index in [0.29, 0.717) is 0 Å². The van der Waals surface area contributed by atoms with Crippen LogP contribution in [-0.2, 0) is 11.2 Å². The number of carbonyl (C=O) groups is 1. The van der Waals surface area contributed by atoms with Gasteiger partial charge in [-0.3, -0.25) is 10.2 Å². The molecule has 2 aromatic rings. The number of carboxylic acid groups (broad SMARTS) is 1. The molecule has 0 aromatic heterocycles. The van der Waals surface area contributed by atoms with Crippen molar-refractivity contribution in [1.82, 2.24) is 0 Å². The second-order valence-corrected chi connectivity index (χ2v) is 5.55. The molecule has 6 heteroatoms. The monoisotopic (exact) mass is 317 g/mol. The molecule has 1 aliphatic rings. The molecule has 1 heterocycles. The zero-order valence-electron chi connectivity index (χ0n) is 12.2. The largest absolute Gasteiger partial charge is 0.481 e. The Morgan fingerprint density at radius 3 is 1.73 bits per heavy atom. The van der Waals surface area contributed by atoms with Crippen LogP contribution in [0.1, 0.15) is 18.1 Å². The second-order valence-electron chi connectivity index (χ2n) is 4.47. The van der Waals surface area contributed by atoms with E-state index in [1.165, 1.54) is 20.9 Å². The zero-order chi connectivity index (χ0) is 16.5. The Kier molecular flexibility index (Phi) is 6.98. The van der Waals surface area contributed by atoms with Gasteiger partial charge in [0, 0.05) is 16.7 Å². The minimum atomic E-state index is -0.833. The van der Waals surface area contributed by atoms with Crippen molar-refractivity contribution in [2.45, 2.75) is 23.1 Å². The average Bonchev–Trinajstić information content (AvgIpc) is 2.44. The molecule has 0 radical (unpaired) electrons. The van der Waals surface area contributed by atoms with Crippen molar-refractivity contribution in [2.75, 3.05) is 0 Å². The number of aliphatic carboxylic acids is 1. The Bertz CT molecular complexity index is 552. The van der Waals surface area contributed by atoms with Crippen molar-refractivity contribution in [3.63, 3.8) is 0 Å². The fourth-order valence-corrected chi connectivity index (χ4v) is 2.90. The lowest BCUT2D eigenvalue weighted by atomic mass is 10.0. The lowest BCUT2D eigenvalue weighted by Gasteiger charge is -2.17. The number of carboxylic acids is 1. The van der Waals surface area contributed by atoms with Crippen LogP contribution in [0.15, 0.2) is 58.3 Å². The van der Waals surface area contributed by atoms with Crippen molar-refractivity contribution in [3.8, 4) is 0 Å². The Morgan fingerprint density at radius 2 is 1.36 bits per heavy atom. The zero-order valence-corrected chi connectivity index (χ0v) is 13.1. The summed E-state index contributed by atoms with van der Waals surface area (Å²) in [6, 6.07) is 17.3. The average molecular weight is 317 g/mol. The third kappa shape index (κ3) is 6.32. The number of hydrogen-bond acceptors (Lipinski definition) is 3. The van der Waals surface area contributed by atoms with E-state index < -0.39 is 5.97 Å². The lowest BCUT2D eigenvalue weighted by molar-refractivity contribution is -0.134. The molecule has 0 saturated heterocycles. The van der Waals surface area contributed by atoms with E-state index in [1.807, 2.05) is 11.8 Å². The first kappa shape index (κ1) is 17.6. The molecule has 1 aliphatic heterocycles. The number of hydrogen-bond donors (Lipinski definition) is 4. The maximum atomic E-state index is 9.00. The Labute approximate surface area is 133 Å². The first-order valence-electron chi connectivity index (χ1n) is 6.53. The van der Waals surface area contributed by atoms with E-state index in [2.05, 4.69) is 60.0 Å². The molecular weight excluding hydrogens is 298 g/mol. The van der Waals surface area contributed by atoms with Crippen LogP contribution in [0.2, 0.25) is 0 Å². The van der Waals surface area contributed by atoms with E-state index in [9.17, 15) is 0 Å². The molecule has 0 unspecified atom stereocenters. The van der Waals surface area contributed by atoms with Crippen LogP contribution < -0.4 is 11.5 Å². The maximum Gasteiger partial charge on any atom is 0.300 e. The molecule has 5 nitrogen and oxygen atoms in total. The van der Waals surface area contributed by atoms with Gasteiger partial charge in [-0.1, -0.05) is 48.2 Å². The third-order valence-corrected chi connectivity index (χ3v) is 3.78. The normalized spacial score (nSPS) is 10.6. The first-order valence-corrected chi connectivity index (χ1v) is 7.34. The number of guanidine groups is 1. The van der Waals surface area contributed by atoms with Gasteiger partial charge in [-0.05, 0) is 29.7 Å². The molecule has 0 fully saturated rings. The summed E-state index contributed by atoms with van der Waals surface area (Å²) < 4.78 is 0. The Morgan fingerprint density at radius 1 is 1.05 bits per heavy atom. The topological polar surface area (TPSA) is 113 Å². The van der Waals surface area contributed by atoms with Crippen molar-refractivity contribution in [1.29, 1.82) is 5.41 Å². The van der Waals surface area contributed by atoms with Gasteiger partial charge in [0.2, 0.25) is 0 Å². The fraction of sp³-hybridized carbons (Fsp3) is 0.125. The number of nitrogens with two attached hydrogens (primary N) is 2. The van der Waals surface area contributed by atoms with Crippen molar-refractivity contribution < 1.29 is 9.90 Å². The summed E-state index contributed by atoms with van der Waals surface area (Å²) >= 11 is 1.88. The minimum Gasteiger partial charge on any atom is -0.481 e. The summed E-state index contributed by atoms with van der Waals surface area (Å²) in [5, 5.41) is 13.5. The summed E-state index contributed by atoms with van der Waals surface area (Å²) in [5.41, 5.74) is 11.9. The molecule has 22 heavy (non-hydrogen) atoms. The van der Waals surface area contributed by atoms with E-state index >= 15 is 0 Å². The van der Waals surface area contributed by atoms with E-state index in [1.54, 1.807) is 0 Å². The lowest BCUT2D eigenvalue weighted by Crippen LogP contribution is -2.20. The van der Waals surface area contributed by atoms with Gasteiger partial charge in [0.1, 0.15) is 0 Å². The SMILES string of the molecule is CC(=O)O.N=C(N)N.c1ccc2c(c1)Cc1ccccc1S2. The highest BCUT2D eigenvalue weighted by atomic mass is 32.2. The predicted molar refractivity (Wildman–Crippen MR) is 89.2 cm³/mol. The molecule has 116 valence electrons. The van der Waals surface area contributed by atoms with Crippen LogP contribution in [0.5, 0.6) is 0 Å². The van der Waals surface area contributed by atoms with Crippen molar-refractivity contribution in [3.05, 3.63) is 59.7 Å². The summed E-state index contributed by atoms with van der Waals surface area (Å²) in [5.74, 6) is -1.17. The Hall–Kier alpha value is -2.47. The molecule has 6 N–H and O–H groups in total. The molecule has 3 rings (SSSR count). The molecular formula is C16H19N3O2S. The summed E-state index contributed by atoms with van der Waals surface area (Å²) in [7, 11) is 0. The van der Waals surface area contributed by atoms with Crippen LogP contribution in [0.4, 0.5) is 0 Å². The number of nitrogens with one attached hydrogen (secondary N) is 1. The molecule has 2 aromatic carbocycles. The van der Waals surface area contributed by atoms with Crippen LogP contribution in [0, 0.1) is 5.41 Å². The van der Waals surface area contributed by atoms with Gasteiger partial charge >= 0.3 is 0 Å². The van der Waals surface area contributed by atoms with Crippen molar-refractivity contribution >= 4 is 23.7 Å². The van der Waals surface area contributed by atoms with Gasteiger partial charge in [0.25, 0.3) is 5.97 Å². The third-order valence-electron chi connectivity index (χ3n) is 2.55. The van der Waals surface area contributed by atoms with Gasteiger partial charge < -0.3 is 16.6 Å². The van der Waals surface area contributed by atoms with Gasteiger partial charge in [-0.2, -0.15) is 0 Å². The molecule has 0 amide bonds. The summed E-state index contributed by atoms with van der Waals surface area (Å²) in [4.78, 5) is 11.8. The minimum absolute atomic E-state index is 0.333. The van der Waals surface area contributed by atoms with E-state index in [4.69, 9.17) is 15.3 Å². The van der Waals surface area contributed by atoms with Crippen LogP contribution in [-0.4, -0.2) is 17.0 Å². The van der Waals surface area contributed by atoms with Crippen LogP contribution >= 0.6 is 11.8 Å². The van der Waals surface area contributed by atoms with Crippen LogP contribution in [0.3, 0.4) is 0 Å². The number of benzene rings is 2. The van der Waals surface area contributed by atoms with Crippen molar-refractivity contribution in [2.24, 2.45) is 11.5 Å². The number of fused-ring (bicyclic) bond motifs is 2. The second kappa shape index (κ2) is 8.74. The maximum absolute atomic E-state index is 9.00. The van der Waals surface area contributed by atoms with E-state index in [0.717, 1.165) is 13.3 Å². The van der Waals surface area contributed by atoms with Gasteiger partial charge in [-0.25, -0.2) is 0 Å². The first-order chi connectivity index (χ1) is 10.4. The highest BCUT2D eigenvalue weighted by molar-refractivity contribution is 7.99. The predicted octanol–water partition coefficient (Wildman–Crippen LogP) is 2.67. The molecule has 0 saturated carbocycles. The van der Waals surface area contributed by atoms with Crippen LogP contribution in [0.25, 0.3) is 0 Å². The standard InChI is InChI=1S/C13H10S.C2H4O2.CH5N3/c1-3-7-12-10(5-1)9-11-6-2-4-8-13(11)14-12;1-2(3)4;2-1(3)4/h1-8H,9H2;1H3,(H,3,4);(H5,2,3,4). The highest BCUT2D eigenvalue weighted by Crippen LogP contribution is 2.38. The Balaban J connectivity index is 0.000000257. The smallest absolute Gasteiger partial charge is 0.300 e. The van der Waals surface area contributed by atoms with Gasteiger partial charge in [0.15, 0.2) is 5.96 Å². The molecule has 0 atom stereocenters. The fourth-order valence-electron chi connectivity index (χ4n) is 1.82. The summed E-state index contributed by atoms with van der Waals surface area (Å²) in [6.45, 7) is 1.08. The highest BCUT2D eigenvalue weighted by Gasteiger charge is 2.13. The van der Waals surface area contributed by atoms with Gasteiger partial charge in [-0.15, -0.1) is 0 Å². The quantitative estimate of drug-likeness (QED) is 0.376. The van der Waals surface area contributed by atoms with Gasteiger partial charge in [0.05, 0.1) is 0 Å². The molecule has 0 spiro atoms.